The summed E-state index contributed by atoms with van der Waals surface area (Å²) in [5.41, 5.74) is 7.12. The number of aromatic hydroxyl groups is 2. The number of benzene rings is 2. The van der Waals surface area contributed by atoms with E-state index in [1.807, 2.05) is 13.8 Å². The van der Waals surface area contributed by atoms with Gasteiger partial charge < -0.3 is 52.1 Å². The van der Waals surface area contributed by atoms with Crippen molar-refractivity contribution < 1.29 is 49.5 Å². The lowest BCUT2D eigenvalue weighted by Crippen LogP contribution is -2.61. The van der Waals surface area contributed by atoms with E-state index >= 15 is 0 Å². The van der Waals surface area contributed by atoms with Crippen LogP contribution < -0.4 is 21.7 Å². The molecule has 0 radical (unpaired) electrons. The molecular weight excluding hydrogens is 734 g/mol. The van der Waals surface area contributed by atoms with Gasteiger partial charge in [0.25, 0.3) is 5.91 Å². The van der Waals surface area contributed by atoms with Crippen LogP contribution in [0.5, 0.6) is 11.5 Å². The highest BCUT2D eigenvalue weighted by molar-refractivity contribution is 6.17. The van der Waals surface area contributed by atoms with Gasteiger partial charge in [0.05, 0.1) is 6.10 Å². The largest absolute Gasteiger partial charge is 0.508 e. The molecule has 0 aliphatic heterocycles. The highest BCUT2D eigenvalue weighted by Gasteiger charge is 2.38. The second-order valence-corrected chi connectivity index (χ2v) is 14.8. The molecule has 0 saturated heterocycles. The van der Waals surface area contributed by atoms with Crippen molar-refractivity contribution in [3.63, 3.8) is 0 Å². The monoisotopic (exact) mass is 791 g/mol. The summed E-state index contributed by atoms with van der Waals surface area (Å²) in [5.74, 6) is -4.37. The molecule has 0 unspecified atom stereocenters. The molecule has 0 spiro atoms. The minimum atomic E-state index is -1.67. The third-order valence-electron chi connectivity index (χ3n) is 9.20. The number of nitrogens with two attached hydrogens (primary N) is 1. The summed E-state index contributed by atoms with van der Waals surface area (Å²) in [6, 6.07) is 5.19. The van der Waals surface area contributed by atoms with Crippen molar-refractivity contribution >= 4 is 41.2 Å². The molecule has 16 heteroatoms. The summed E-state index contributed by atoms with van der Waals surface area (Å²) in [6.07, 6.45) is 1.39. The number of halogens is 1. The van der Waals surface area contributed by atoms with Crippen LogP contribution >= 0.6 is 11.6 Å². The minimum absolute atomic E-state index is 0.0182. The first-order valence-corrected chi connectivity index (χ1v) is 19.1. The first-order valence-electron chi connectivity index (χ1n) is 18.6. The van der Waals surface area contributed by atoms with Crippen molar-refractivity contribution in [2.45, 2.75) is 121 Å². The Morgan fingerprint density at radius 1 is 0.727 bits per heavy atom. The molecular formula is C39H58ClN5O10. The first kappa shape index (κ1) is 46.7. The molecule has 0 aliphatic rings. The summed E-state index contributed by atoms with van der Waals surface area (Å²) in [6.45, 7) is 4.89. The standard InChI is InChI=1S/C39H58ClN5O10/c1-23(2)20-32(45(4)38(53)33(24(3)46)44-37(52)34(49)29(41)10-8-6-5-7-9-19-40)36(51)42-30(21-25-11-15-27(47)16-12-25)35(50)43-31(39(54)55)22-26-13-17-28(48)18-14-26/h11-18,23-24,29-34,46-49H,5-10,19-22,41H2,1-4H3,(H,42,51)(H,43,50)(H,44,52)(H,54,55)/t24-,29+,30+,31-,32-,33-,34-/m0/s1. The number of carbonyl (C=O) groups is 5. The molecule has 0 aliphatic carbocycles. The smallest absolute Gasteiger partial charge is 0.326 e. The molecule has 15 nitrogen and oxygen atoms in total. The Morgan fingerprint density at radius 3 is 1.71 bits per heavy atom. The minimum Gasteiger partial charge on any atom is -0.508 e. The van der Waals surface area contributed by atoms with Crippen LogP contribution in [-0.4, -0.2) is 115 Å². The summed E-state index contributed by atoms with van der Waals surface area (Å²) in [5, 5.41) is 58.1. The van der Waals surface area contributed by atoms with E-state index in [4.69, 9.17) is 17.3 Å². The molecule has 10 N–H and O–H groups in total. The Kier molecular flexibility index (Phi) is 19.9. The topological polar surface area (TPSA) is 252 Å². The van der Waals surface area contributed by atoms with E-state index in [9.17, 15) is 49.5 Å². The van der Waals surface area contributed by atoms with Crippen molar-refractivity contribution in [3.05, 3.63) is 59.7 Å². The fourth-order valence-electron chi connectivity index (χ4n) is 5.93. The molecule has 0 saturated carbocycles. The van der Waals surface area contributed by atoms with Gasteiger partial charge in [0.1, 0.15) is 41.8 Å². The zero-order valence-corrected chi connectivity index (χ0v) is 32.7. The number of carbonyl (C=O) groups excluding carboxylic acids is 4. The van der Waals surface area contributed by atoms with Crippen molar-refractivity contribution in [2.24, 2.45) is 11.7 Å². The van der Waals surface area contributed by atoms with E-state index < -0.39 is 72.0 Å². The molecule has 2 aromatic carbocycles. The van der Waals surface area contributed by atoms with Gasteiger partial charge in [0, 0.05) is 31.8 Å². The predicted octanol–water partition coefficient (Wildman–Crippen LogP) is 1.94. The predicted molar refractivity (Wildman–Crippen MR) is 207 cm³/mol. The van der Waals surface area contributed by atoms with E-state index in [-0.39, 0.29) is 36.7 Å². The highest BCUT2D eigenvalue weighted by atomic mass is 35.5. The quantitative estimate of drug-likeness (QED) is 0.0549. The molecule has 2 rings (SSSR count). The van der Waals surface area contributed by atoms with Crippen molar-refractivity contribution in [3.8, 4) is 11.5 Å². The highest BCUT2D eigenvalue weighted by Crippen LogP contribution is 2.17. The molecule has 0 aromatic heterocycles. The number of nitrogens with zero attached hydrogens (tertiary/aromatic N) is 1. The van der Waals surface area contributed by atoms with E-state index in [2.05, 4.69) is 16.0 Å². The van der Waals surface area contributed by atoms with E-state index in [0.29, 0.717) is 29.8 Å². The molecule has 55 heavy (non-hydrogen) atoms. The summed E-state index contributed by atoms with van der Waals surface area (Å²) < 4.78 is 0. The van der Waals surface area contributed by atoms with Gasteiger partial charge in [-0.3, -0.25) is 19.2 Å². The Labute approximate surface area is 327 Å². The number of hydrogen-bond acceptors (Lipinski definition) is 10. The Bertz CT molecular complexity index is 1530. The molecule has 2 aromatic rings. The molecule has 0 heterocycles. The number of alkyl halides is 1. The molecule has 0 fully saturated rings. The fraction of sp³-hybridized carbons (Fsp3) is 0.564. The van der Waals surface area contributed by atoms with Gasteiger partial charge in [-0.25, -0.2) is 4.79 Å². The number of nitrogens with one attached hydrogen (secondary N) is 3. The third kappa shape index (κ3) is 16.1. The molecule has 0 bridgehead atoms. The number of aliphatic hydroxyl groups excluding tert-OH is 2. The Morgan fingerprint density at radius 2 is 1.22 bits per heavy atom. The first-order chi connectivity index (χ1) is 25.9. The van der Waals surface area contributed by atoms with E-state index in [1.54, 1.807) is 0 Å². The van der Waals surface area contributed by atoms with Crippen LogP contribution in [0.2, 0.25) is 0 Å². The normalized spacial score (nSPS) is 15.1. The lowest BCUT2D eigenvalue weighted by atomic mass is 9.98. The van der Waals surface area contributed by atoms with Crippen molar-refractivity contribution in [1.29, 1.82) is 0 Å². The zero-order valence-electron chi connectivity index (χ0n) is 32.0. The maximum Gasteiger partial charge on any atom is 0.326 e. The van der Waals surface area contributed by atoms with Gasteiger partial charge in [-0.1, -0.05) is 63.8 Å². The maximum atomic E-state index is 14.0. The second kappa shape index (κ2) is 23.5. The van der Waals surface area contributed by atoms with Gasteiger partial charge in [0.2, 0.25) is 17.7 Å². The van der Waals surface area contributed by atoms with Crippen molar-refractivity contribution in [2.75, 3.05) is 12.9 Å². The van der Waals surface area contributed by atoms with Gasteiger partial charge in [-0.05, 0) is 67.5 Å². The van der Waals surface area contributed by atoms with Crippen LogP contribution in [-0.2, 0) is 36.8 Å². The fourth-order valence-corrected chi connectivity index (χ4v) is 6.12. The van der Waals surface area contributed by atoms with Gasteiger partial charge in [-0.15, -0.1) is 11.6 Å². The van der Waals surface area contributed by atoms with Gasteiger partial charge in [0.15, 0.2) is 0 Å². The Hall–Kier alpha value is -4.44. The number of carboxylic acid groups (broad SMARTS) is 1. The summed E-state index contributed by atoms with van der Waals surface area (Å²) in [7, 11) is 1.32. The number of carboxylic acids is 1. The van der Waals surface area contributed by atoms with Crippen LogP contribution in [0.3, 0.4) is 0 Å². The maximum absolute atomic E-state index is 14.0. The lowest BCUT2D eigenvalue weighted by Gasteiger charge is -2.34. The summed E-state index contributed by atoms with van der Waals surface area (Å²) in [4.78, 5) is 67.9. The number of likely N-dealkylation sites (N-methyl/N-ethyl adjacent to an activating group) is 1. The third-order valence-corrected chi connectivity index (χ3v) is 9.47. The number of phenols is 2. The molecule has 306 valence electrons. The van der Waals surface area contributed by atoms with Crippen molar-refractivity contribution in [1.82, 2.24) is 20.9 Å². The van der Waals surface area contributed by atoms with Crippen LogP contribution in [0.4, 0.5) is 0 Å². The number of rotatable bonds is 24. The zero-order chi connectivity index (χ0) is 41.2. The Balaban J connectivity index is 2.28. The summed E-state index contributed by atoms with van der Waals surface area (Å²) >= 11 is 5.71. The average Bonchev–Trinajstić information content (AvgIpc) is 3.13. The average molecular weight is 792 g/mol. The van der Waals surface area contributed by atoms with Crippen LogP contribution in [0.1, 0.15) is 76.8 Å². The van der Waals surface area contributed by atoms with Crippen LogP contribution in [0, 0.1) is 5.92 Å². The molecule has 4 amide bonds. The second-order valence-electron chi connectivity index (χ2n) is 14.4. The number of phenolic OH excluding ortho intramolecular Hbond substituents is 2. The van der Waals surface area contributed by atoms with E-state index in [1.165, 1.54) is 62.5 Å². The number of hydrogen-bond donors (Lipinski definition) is 9. The molecule has 7 atom stereocenters. The van der Waals surface area contributed by atoms with Gasteiger partial charge in [-0.2, -0.15) is 0 Å². The lowest BCUT2D eigenvalue weighted by molar-refractivity contribution is -0.146. The number of unbranched alkanes of at least 4 members (excludes halogenated alkanes) is 4. The number of aliphatic hydroxyl groups is 2. The number of aliphatic carboxylic acids is 1. The van der Waals surface area contributed by atoms with Crippen LogP contribution in [0.25, 0.3) is 0 Å². The SMILES string of the molecule is CC(C)C[C@@H](C(=O)N[C@H](Cc1ccc(O)cc1)C(=O)N[C@@H](Cc1ccc(O)cc1)C(=O)O)N(C)C(=O)[C@@H](NC(=O)[C@@H](O)[C@H](N)CCCCCCCCl)[C@H](C)O. The van der Waals surface area contributed by atoms with Crippen LogP contribution in [0.15, 0.2) is 48.5 Å². The van der Waals surface area contributed by atoms with Gasteiger partial charge >= 0.3 is 5.97 Å². The van der Waals surface area contributed by atoms with E-state index in [0.717, 1.165) is 30.6 Å². The number of amides is 4.